The lowest BCUT2D eigenvalue weighted by Crippen LogP contribution is -2.36. The van der Waals surface area contributed by atoms with Crippen LogP contribution >= 0.6 is 11.8 Å². The van der Waals surface area contributed by atoms with Gasteiger partial charge in [-0.2, -0.15) is 0 Å². The Hall–Kier alpha value is -1.31. The number of hydrogen-bond acceptors (Lipinski definition) is 6. The maximum absolute atomic E-state index is 5.78. The van der Waals surface area contributed by atoms with Gasteiger partial charge >= 0.3 is 0 Å². The zero-order chi connectivity index (χ0) is 14.8. The summed E-state index contributed by atoms with van der Waals surface area (Å²) in [5.74, 6) is 0.621. The number of ether oxygens (including phenoxy) is 2. The number of nitrogens with zero attached hydrogens (tertiary/aromatic N) is 3. The molecule has 4 rings (SSSR count). The van der Waals surface area contributed by atoms with Crippen LogP contribution in [0.15, 0.2) is 34.3 Å². The number of furan rings is 1. The molecule has 0 unspecified atom stereocenters. The van der Waals surface area contributed by atoms with Crippen molar-refractivity contribution in [2.75, 3.05) is 13.2 Å². The Labute approximate surface area is 133 Å². The van der Waals surface area contributed by atoms with Crippen LogP contribution in [-0.4, -0.2) is 39.0 Å². The first-order valence-corrected chi connectivity index (χ1v) is 8.56. The lowest BCUT2D eigenvalue weighted by molar-refractivity contribution is -0.175. The van der Waals surface area contributed by atoms with Gasteiger partial charge in [0, 0.05) is 18.1 Å². The number of aromatic nitrogens is 3. The van der Waals surface area contributed by atoms with Crippen molar-refractivity contribution in [1.29, 1.82) is 0 Å². The van der Waals surface area contributed by atoms with Gasteiger partial charge in [-0.3, -0.25) is 0 Å². The molecule has 22 heavy (non-hydrogen) atoms. The second kappa shape index (κ2) is 6.06. The highest BCUT2D eigenvalue weighted by Crippen LogP contribution is 2.41. The van der Waals surface area contributed by atoms with Gasteiger partial charge in [0.05, 0.1) is 26.0 Å². The van der Waals surface area contributed by atoms with Gasteiger partial charge < -0.3 is 18.5 Å². The number of hydrogen-bond donors (Lipinski definition) is 0. The average molecular weight is 321 g/mol. The zero-order valence-corrected chi connectivity index (χ0v) is 13.1. The zero-order valence-electron chi connectivity index (χ0n) is 12.3. The monoisotopic (exact) mass is 321 g/mol. The van der Waals surface area contributed by atoms with E-state index in [-0.39, 0.29) is 5.79 Å². The normalized spacial score (nSPS) is 21.6. The van der Waals surface area contributed by atoms with Crippen LogP contribution in [0.4, 0.5) is 0 Å². The average Bonchev–Trinajstić information content (AvgIpc) is 3.26. The van der Waals surface area contributed by atoms with Crippen LogP contribution in [0, 0.1) is 0 Å². The van der Waals surface area contributed by atoms with Gasteiger partial charge in [0.15, 0.2) is 10.9 Å². The summed E-state index contributed by atoms with van der Waals surface area (Å²) < 4.78 is 19.0. The molecule has 2 aromatic rings. The fourth-order valence-electron chi connectivity index (χ4n) is 3.10. The predicted molar refractivity (Wildman–Crippen MR) is 80.6 cm³/mol. The standard InChI is InChI=1S/C15H19N3O3S/c1-2-12(19-7-1)10-18-11-16-17-14(18)22-13-3-5-15(6-4-13)20-8-9-21-15/h1-2,7,11,13H,3-6,8-10H2. The number of thioether (sulfide) groups is 1. The molecule has 0 bridgehead atoms. The molecule has 7 heteroatoms. The molecule has 2 aliphatic rings. The first kappa shape index (κ1) is 14.3. The van der Waals surface area contributed by atoms with E-state index in [1.54, 1.807) is 24.4 Å². The molecule has 0 radical (unpaired) electrons. The summed E-state index contributed by atoms with van der Waals surface area (Å²) in [6.45, 7) is 2.13. The molecule has 1 saturated heterocycles. The summed E-state index contributed by atoms with van der Waals surface area (Å²) in [5, 5.41) is 9.78. The van der Waals surface area contributed by atoms with E-state index in [2.05, 4.69) is 10.2 Å². The minimum absolute atomic E-state index is 0.293. The minimum Gasteiger partial charge on any atom is -0.467 e. The second-order valence-corrected chi connectivity index (χ2v) is 7.01. The van der Waals surface area contributed by atoms with Crippen molar-refractivity contribution in [3.05, 3.63) is 30.5 Å². The first-order valence-electron chi connectivity index (χ1n) is 7.68. The highest BCUT2D eigenvalue weighted by Gasteiger charge is 2.40. The first-order chi connectivity index (χ1) is 10.8. The Morgan fingerprint density at radius 2 is 2.09 bits per heavy atom. The largest absolute Gasteiger partial charge is 0.467 e. The number of rotatable bonds is 4. The van der Waals surface area contributed by atoms with Crippen molar-refractivity contribution in [1.82, 2.24) is 14.8 Å². The molecule has 0 aromatic carbocycles. The molecule has 2 fully saturated rings. The highest BCUT2D eigenvalue weighted by molar-refractivity contribution is 7.99. The summed E-state index contributed by atoms with van der Waals surface area (Å²) in [4.78, 5) is 0. The Morgan fingerprint density at radius 1 is 1.27 bits per heavy atom. The van der Waals surface area contributed by atoms with Crippen LogP contribution in [0.5, 0.6) is 0 Å². The fraction of sp³-hybridized carbons (Fsp3) is 0.600. The maximum atomic E-state index is 5.78. The molecule has 0 N–H and O–H groups in total. The van der Waals surface area contributed by atoms with E-state index in [0.29, 0.717) is 11.8 Å². The summed E-state index contributed by atoms with van der Waals surface area (Å²) in [5.41, 5.74) is 0. The Morgan fingerprint density at radius 3 is 2.82 bits per heavy atom. The SMILES string of the molecule is c1coc(Cn2cnnc2SC2CCC3(CC2)OCCO3)c1. The van der Waals surface area contributed by atoms with Crippen LogP contribution in [0.25, 0.3) is 0 Å². The van der Waals surface area contributed by atoms with Crippen molar-refractivity contribution in [2.45, 2.75) is 48.4 Å². The third-order valence-corrected chi connectivity index (χ3v) is 5.60. The molecule has 1 aliphatic carbocycles. The van der Waals surface area contributed by atoms with E-state index in [0.717, 1.165) is 49.8 Å². The van der Waals surface area contributed by atoms with Crippen LogP contribution in [0.2, 0.25) is 0 Å². The Balaban J connectivity index is 1.37. The van der Waals surface area contributed by atoms with Gasteiger partial charge in [-0.15, -0.1) is 10.2 Å². The predicted octanol–water partition coefficient (Wildman–Crippen LogP) is 2.70. The van der Waals surface area contributed by atoms with Gasteiger partial charge in [0.2, 0.25) is 0 Å². The fourth-order valence-corrected chi connectivity index (χ4v) is 4.21. The second-order valence-electron chi connectivity index (χ2n) is 5.75. The minimum atomic E-state index is -0.293. The van der Waals surface area contributed by atoms with Gasteiger partial charge in [0.1, 0.15) is 12.1 Å². The van der Waals surface area contributed by atoms with E-state index in [9.17, 15) is 0 Å². The van der Waals surface area contributed by atoms with Crippen LogP contribution in [-0.2, 0) is 16.0 Å². The van der Waals surface area contributed by atoms with Crippen molar-refractivity contribution >= 4 is 11.8 Å². The molecule has 0 amide bonds. The van der Waals surface area contributed by atoms with Gasteiger partial charge in [-0.05, 0) is 25.0 Å². The van der Waals surface area contributed by atoms with Crippen molar-refractivity contribution in [2.24, 2.45) is 0 Å². The molecule has 118 valence electrons. The third kappa shape index (κ3) is 2.93. The van der Waals surface area contributed by atoms with Crippen LogP contribution < -0.4 is 0 Å². The topological polar surface area (TPSA) is 62.3 Å². The van der Waals surface area contributed by atoms with Gasteiger partial charge in [0.25, 0.3) is 0 Å². The molecule has 3 heterocycles. The molecule has 6 nitrogen and oxygen atoms in total. The lowest BCUT2D eigenvalue weighted by atomic mass is 9.94. The van der Waals surface area contributed by atoms with Crippen molar-refractivity contribution in [3.63, 3.8) is 0 Å². The summed E-state index contributed by atoms with van der Waals surface area (Å²) >= 11 is 1.80. The van der Waals surface area contributed by atoms with Gasteiger partial charge in [-0.1, -0.05) is 11.8 Å². The Bertz CT molecular complexity index is 597. The van der Waals surface area contributed by atoms with Crippen LogP contribution in [0.3, 0.4) is 0 Å². The van der Waals surface area contributed by atoms with Crippen LogP contribution in [0.1, 0.15) is 31.4 Å². The summed E-state index contributed by atoms with van der Waals surface area (Å²) in [6.07, 6.45) is 7.55. The third-order valence-electron chi connectivity index (χ3n) is 4.27. The van der Waals surface area contributed by atoms with E-state index in [4.69, 9.17) is 13.9 Å². The molecular formula is C15H19N3O3S. The van der Waals surface area contributed by atoms with E-state index >= 15 is 0 Å². The highest BCUT2D eigenvalue weighted by atomic mass is 32.2. The summed E-state index contributed by atoms with van der Waals surface area (Å²) in [7, 11) is 0. The molecule has 0 atom stereocenters. The Kier molecular flexibility index (Phi) is 3.94. The smallest absolute Gasteiger partial charge is 0.191 e. The molecule has 1 spiro atoms. The summed E-state index contributed by atoms with van der Waals surface area (Å²) in [6, 6.07) is 3.86. The molecule has 1 saturated carbocycles. The molecule has 1 aliphatic heterocycles. The quantitative estimate of drug-likeness (QED) is 0.863. The van der Waals surface area contributed by atoms with E-state index in [1.807, 2.05) is 16.7 Å². The van der Waals surface area contributed by atoms with E-state index in [1.165, 1.54) is 0 Å². The van der Waals surface area contributed by atoms with Gasteiger partial charge in [-0.25, -0.2) is 0 Å². The van der Waals surface area contributed by atoms with Crippen molar-refractivity contribution < 1.29 is 13.9 Å². The molecular weight excluding hydrogens is 302 g/mol. The van der Waals surface area contributed by atoms with E-state index < -0.39 is 0 Å². The maximum Gasteiger partial charge on any atom is 0.191 e. The molecule has 2 aromatic heterocycles. The van der Waals surface area contributed by atoms with Crippen molar-refractivity contribution in [3.8, 4) is 0 Å². The lowest BCUT2D eigenvalue weighted by Gasteiger charge is -2.34.